The Bertz CT molecular complexity index is 1290. The number of allylic oxidation sites excluding steroid dienone is 2. The van der Waals surface area contributed by atoms with Crippen molar-refractivity contribution >= 4 is 15.7 Å². The predicted octanol–water partition coefficient (Wildman–Crippen LogP) is 7.45. The van der Waals surface area contributed by atoms with Gasteiger partial charge in [-0.2, -0.15) is 0 Å². The van der Waals surface area contributed by atoms with Crippen LogP contribution >= 0.6 is 0 Å². The Morgan fingerprint density at radius 3 is 2.33 bits per heavy atom. The van der Waals surface area contributed by atoms with Gasteiger partial charge in [0.15, 0.2) is 9.84 Å². The zero-order chi connectivity index (χ0) is 33.3. The number of fused-ring (bicyclic) bond motifs is 5. The maximum Gasteiger partial charge on any atom is 0.222 e. The van der Waals surface area contributed by atoms with Crippen molar-refractivity contribution in [3.8, 4) is 0 Å². The van der Waals surface area contributed by atoms with Crippen LogP contribution in [0.4, 0.5) is 0 Å². The van der Waals surface area contributed by atoms with Gasteiger partial charge in [-0.25, -0.2) is 8.42 Å². The Kier molecular flexibility index (Phi) is 9.22. The fourth-order valence-corrected chi connectivity index (χ4v) is 14.7. The Labute approximate surface area is 285 Å². The van der Waals surface area contributed by atoms with Gasteiger partial charge in [0.2, 0.25) is 5.91 Å². The van der Waals surface area contributed by atoms with Crippen LogP contribution in [-0.2, 0) is 14.6 Å². The lowest BCUT2D eigenvalue weighted by Crippen LogP contribution is -2.70. The SMILES string of the molecule is CC[C@]1(NCCN2CCS(=O)(=O)CC2)CC[C@]2(C)[C@H](CC[C@H]3C2(C)CC[C@H]2C(C)(C)C=CC[C@@]23C)[C@H]1[C@@H](C)C(C)N1CCCC1=O.[HH].[HH]. The van der Waals surface area contributed by atoms with Crippen molar-refractivity contribution in [2.45, 2.75) is 131 Å². The van der Waals surface area contributed by atoms with Gasteiger partial charge >= 0.3 is 0 Å². The van der Waals surface area contributed by atoms with Gasteiger partial charge in [-0.1, -0.05) is 60.6 Å². The lowest BCUT2D eigenvalue weighted by molar-refractivity contribution is -0.227. The molecule has 4 aliphatic carbocycles. The van der Waals surface area contributed by atoms with E-state index in [0.29, 0.717) is 65.5 Å². The number of rotatable bonds is 8. The Morgan fingerprint density at radius 2 is 1.67 bits per heavy atom. The number of amides is 1. The van der Waals surface area contributed by atoms with Gasteiger partial charge in [-0.3, -0.25) is 4.79 Å². The number of nitrogens with zero attached hydrogens (tertiary/aromatic N) is 2. The third-order valence-corrected chi connectivity index (χ3v) is 17.9. The number of carbonyl (C=O) groups is 1. The molecule has 5 fully saturated rings. The molecule has 0 radical (unpaired) electrons. The Balaban J connectivity index is 0.00000260. The van der Waals surface area contributed by atoms with E-state index in [0.717, 1.165) is 44.3 Å². The summed E-state index contributed by atoms with van der Waals surface area (Å²) in [6, 6.07) is 0.241. The molecule has 3 saturated carbocycles. The van der Waals surface area contributed by atoms with Gasteiger partial charge in [-0.15, -0.1) is 0 Å². The number of hydrogen-bond donors (Lipinski definition) is 1. The van der Waals surface area contributed by atoms with Crippen molar-refractivity contribution in [3.63, 3.8) is 0 Å². The predicted molar refractivity (Wildman–Crippen MR) is 193 cm³/mol. The molecule has 0 bridgehead atoms. The summed E-state index contributed by atoms with van der Waals surface area (Å²) in [6.07, 6.45) is 16.9. The summed E-state index contributed by atoms with van der Waals surface area (Å²) in [5.41, 5.74) is 1.24. The topological polar surface area (TPSA) is 69.7 Å². The quantitative estimate of drug-likeness (QED) is 0.274. The van der Waals surface area contributed by atoms with Crippen LogP contribution < -0.4 is 5.32 Å². The average molecular weight is 662 g/mol. The molecule has 2 unspecified atom stereocenters. The molecule has 6 rings (SSSR count). The first-order valence-corrected chi connectivity index (χ1v) is 21.0. The number of likely N-dealkylation sites (tertiary alicyclic amines) is 1. The summed E-state index contributed by atoms with van der Waals surface area (Å²) in [4.78, 5) is 17.7. The molecule has 6 aliphatic rings. The molecule has 46 heavy (non-hydrogen) atoms. The first-order chi connectivity index (χ1) is 21.5. The summed E-state index contributed by atoms with van der Waals surface area (Å²) in [5, 5.41) is 4.24. The van der Waals surface area contributed by atoms with Crippen molar-refractivity contribution < 1.29 is 16.1 Å². The maximum atomic E-state index is 13.1. The minimum atomic E-state index is -2.87. The van der Waals surface area contributed by atoms with Gasteiger partial charge in [0.25, 0.3) is 0 Å². The molecule has 7 heteroatoms. The van der Waals surface area contributed by atoms with Crippen LogP contribution in [0.15, 0.2) is 12.2 Å². The average Bonchev–Trinajstić information content (AvgIpc) is 3.43. The molecule has 2 aliphatic heterocycles. The van der Waals surface area contributed by atoms with E-state index < -0.39 is 9.84 Å². The lowest BCUT2D eigenvalue weighted by atomic mass is 9.33. The van der Waals surface area contributed by atoms with Crippen LogP contribution in [0.3, 0.4) is 0 Å². The highest BCUT2D eigenvalue weighted by Gasteiger charge is 2.69. The third-order valence-electron chi connectivity index (χ3n) is 16.3. The first kappa shape index (κ1) is 34.9. The molecule has 0 aromatic carbocycles. The Morgan fingerprint density at radius 1 is 0.957 bits per heavy atom. The van der Waals surface area contributed by atoms with Crippen molar-refractivity contribution in [1.29, 1.82) is 0 Å². The minimum Gasteiger partial charge on any atom is -0.340 e. The van der Waals surface area contributed by atoms with E-state index in [1.165, 1.54) is 44.9 Å². The number of carbonyl (C=O) groups excluding carboxylic acids is 1. The van der Waals surface area contributed by atoms with Gasteiger partial charge < -0.3 is 15.1 Å². The lowest BCUT2D eigenvalue weighted by Gasteiger charge is -2.73. The van der Waals surface area contributed by atoms with E-state index in [4.69, 9.17) is 0 Å². The van der Waals surface area contributed by atoms with Crippen LogP contribution in [0.5, 0.6) is 0 Å². The monoisotopic (exact) mass is 662 g/mol. The largest absolute Gasteiger partial charge is 0.340 e. The standard InChI is InChI=1S/C39H67N3O3S.2H2/c1-9-39(40-21-23-41-24-26-46(44,45)27-25-41)20-19-37(7)30(34(39)28(2)29(3)42-22-10-12-33(42)43)13-14-32-36(6)17-11-16-35(4,5)31(36)15-18-38(32,37)8;;/h11,16,28-32,34,40H,9-10,12-15,17-27H2,1-8H3;2*1H/t28-,29?,30+,31-,32+,34+,36-,37+,38?,39-;;/m0../s1. The molecule has 0 aromatic heterocycles. The van der Waals surface area contributed by atoms with E-state index in [9.17, 15) is 13.2 Å². The van der Waals surface area contributed by atoms with E-state index in [-0.39, 0.29) is 25.3 Å². The number of hydrogen-bond acceptors (Lipinski definition) is 5. The van der Waals surface area contributed by atoms with Crippen LogP contribution in [0.1, 0.15) is 122 Å². The second-order valence-electron chi connectivity index (χ2n) is 18.3. The smallest absolute Gasteiger partial charge is 0.222 e. The van der Waals surface area contributed by atoms with E-state index in [2.05, 4.69) is 82.7 Å². The maximum absolute atomic E-state index is 13.1. The fourth-order valence-electron chi connectivity index (χ4n) is 13.4. The second-order valence-corrected chi connectivity index (χ2v) is 20.6. The molecule has 266 valence electrons. The van der Waals surface area contributed by atoms with E-state index >= 15 is 0 Å². The van der Waals surface area contributed by atoms with Crippen molar-refractivity contribution in [3.05, 3.63) is 12.2 Å². The summed E-state index contributed by atoms with van der Waals surface area (Å²) < 4.78 is 24.1. The van der Waals surface area contributed by atoms with Gasteiger partial charge in [0.1, 0.15) is 0 Å². The number of sulfone groups is 1. The van der Waals surface area contributed by atoms with E-state index in [1.54, 1.807) is 0 Å². The highest BCUT2D eigenvalue weighted by molar-refractivity contribution is 7.91. The number of nitrogens with one attached hydrogen (secondary N) is 1. The van der Waals surface area contributed by atoms with Crippen molar-refractivity contribution in [2.24, 2.45) is 51.2 Å². The molecule has 2 heterocycles. The molecule has 6 nitrogen and oxygen atoms in total. The van der Waals surface area contributed by atoms with Crippen LogP contribution in [0.25, 0.3) is 0 Å². The van der Waals surface area contributed by atoms with Gasteiger partial charge in [0, 0.05) is 53.6 Å². The summed E-state index contributed by atoms with van der Waals surface area (Å²) in [5.74, 6) is 3.95. The molecular weight excluding hydrogens is 591 g/mol. The zero-order valence-corrected chi connectivity index (χ0v) is 31.5. The zero-order valence-electron chi connectivity index (χ0n) is 30.7. The highest BCUT2D eigenvalue weighted by atomic mass is 32.2. The fraction of sp³-hybridized carbons (Fsp3) is 0.923. The van der Waals surface area contributed by atoms with Crippen LogP contribution in [0.2, 0.25) is 0 Å². The second kappa shape index (κ2) is 12.1. The highest BCUT2D eigenvalue weighted by Crippen LogP contribution is 2.75. The third kappa shape index (κ3) is 5.47. The molecule has 0 spiro atoms. The van der Waals surface area contributed by atoms with Gasteiger partial charge in [0.05, 0.1) is 11.5 Å². The molecular formula is C39H71N3O3S. The minimum absolute atomic E-state index is 0. The first-order valence-electron chi connectivity index (χ1n) is 19.2. The molecule has 2 saturated heterocycles. The van der Waals surface area contributed by atoms with Gasteiger partial charge in [-0.05, 0) is 116 Å². The summed E-state index contributed by atoms with van der Waals surface area (Å²) >= 11 is 0. The summed E-state index contributed by atoms with van der Waals surface area (Å²) in [7, 11) is -2.87. The van der Waals surface area contributed by atoms with Crippen molar-refractivity contribution in [2.75, 3.05) is 44.2 Å². The van der Waals surface area contributed by atoms with Crippen molar-refractivity contribution in [1.82, 2.24) is 15.1 Å². The molecule has 0 aromatic rings. The van der Waals surface area contributed by atoms with E-state index in [1.807, 2.05) is 0 Å². The Hall–Kier alpha value is -0.920. The molecule has 1 N–H and O–H groups in total. The van der Waals surface area contributed by atoms with Crippen LogP contribution in [-0.4, -0.2) is 79.9 Å². The molecule has 1 amide bonds. The summed E-state index contributed by atoms with van der Waals surface area (Å²) in [6.45, 7) is 24.4. The normalized spacial score (nSPS) is 45.0. The van der Waals surface area contributed by atoms with Crippen LogP contribution in [0, 0.1) is 51.2 Å². The molecule has 10 atom stereocenters.